The fraction of sp³-hybridized carbons (Fsp3) is 0.400. The fourth-order valence-corrected chi connectivity index (χ4v) is 3.80. The number of ether oxygens (including phenoxy) is 1. The van der Waals surface area contributed by atoms with E-state index in [2.05, 4.69) is 9.97 Å². The van der Waals surface area contributed by atoms with Crippen LogP contribution in [-0.4, -0.2) is 58.5 Å². The SMILES string of the molecule is O=C(c1cnccn1)N1CCCC2(CC1)CN(c1ccccc1)C(=O)CO2. The third-order valence-electron chi connectivity index (χ3n) is 5.28. The Morgan fingerprint density at radius 1 is 1.11 bits per heavy atom. The van der Waals surface area contributed by atoms with Gasteiger partial charge in [-0.05, 0) is 31.4 Å². The number of benzene rings is 1. The minimum absolute atomic E-state index is 0.0245. The summed E-state index contributed by atoms with van der Waals surface area (Å²) in [5.41, 5.74) is 0.835. The van der Waals surface area contributed by atoms with E-state index in [0.717, 1.165) is 18.5 Å². The molecule has 0 radical (unpaired) electrons. The summed E-state index contributed by atoms with van der Waals surface area (Å²) in [5, 5.41) is 0. The van der Waals surface area contributed by atoms with E-state index in [1.165, 1.54) is 12.4 Å². The molecule has 1 aromatic heterocycles. The maximum absolute atomic E-state index is 12.7. The van der Waals surface area contributed by atoms with Crippen LogP contribution < -0.4 is 4.90 Å². The van der Waals surface area contributed by atoms with E-state index in [1.807, 2.05) is 40.1 Å². The van der Waals surface area contributed by atoms with Crippen LogP contribution in [0.4, 0.5) is 5.69 Å². The molecule has 1 aromatic carbocycles. The van der Waals surface area contributed by atoms with Crippen LogP contribution >= 0.6 is 0 Å². The van der Waals surface area contributed by atoms with Crippen LogP contribution in [0.5, 0.6) is 0 Å². The average Bonchev–Trinajstić information content (AvgIpc) is 2.93. The highest BCUT2D eigenvalue weighted by atomic mass is 16.5. The second kappa shape index (κ2) is 7.44. The standard InChI is InChI=1S/C20H22N4O3/c25-18-14-27-20(15-24(18)16-5-2-1-3-6-16)7-4-11-23(12-8-20)19(26)17-13-21-9-10-22-17/h1-3,5-6,9-10,13H,4,7-8,11-12,14-15H2. The Balaban J connectivity index is 1.48. The molecule has 1 unspecified atom stereocenters. The second-order valence-corrected chi connectivity index (χ2v) is 7.02. The van der Waals surface area contributed by atoms with E-state index in [0.29, 0.717) is 31.7 Å². The van der Waals surface area contributed by atoms with Crippen molar-refractivity contribution >= 4 is 17.5 Å². The van der Waals surface area contributed by atoms with Gasteiger partial charge in [0.05, 0.1) is 18.3 Å². The highest BCUT2D eigenvalue weighted by Crippen LogP contribution is 2.33. The van der Waals surface area contributed by atoms with E-state index < -0.39 is 5.60 Å². The average molecular weight is 366 g/mol. The summed E-state index contributed by atoms with van der Waals surface area (Å²) in [4.78, 5) is 36.8. The molecule has 2 aliphatic rings. The van der Waals surface area contributed by atoms with Crippen LogP contribution in [0, 0.1) is 0 Å². The molecule has 2 fully saturated rings. The monoisotopic (exact) mass is 366 g/mol. The van der Waals surface area contributed by atoms with Gasteiger partial charge in [-0.25, -0.2) is 4.98 Å². The molecule has 0 bridgehead atoms. The molecule has 0 N–H and O–H groups in total. The van der Waals surface area contributed by atoms with Gasteiger partial charge in [0.15, 0.2) is 0 Å². The van der Waals surface area contributed by atoms with Crippen LogP contribution in [0.3, 0.4) is 0 Å². The maximum atomic E-state index is 12.7. The van der Waals surface area contributed by atoms with Gasteiger partial charge in [-0.15, -0.1) is 0 Å². The van der Waals surface area contributed by atoms with Gasteiger partial charge >= 0.3 is 0 Å². The Bertz CT molecular complexity index is 814. The minimum Gasteiger partial charge on any atom is -0.363 e. The summed E-state index contributed by atoms with van der Waals surface area (Å²) in [6.45, 7) is 1.82. The van der Waals surface area contributed by atoms with E-state index >= 15 is 0 Å². The van der Waals surface area contributed by atoms with Crippen LogP contribution in [0.25, 0.3) is 0 Å². The number of carbonyl (C=O) groups excluding carboxylic acids is 2. The first kappa shape index (κ1) is 17.6. The van der Waals surface area contributed by atoms with Crippen molar-refractivity contribution in [2.75, 3.05) is 31.1 Å². The molecule has 140 valence electrons. The van der Waals surface area contributed by atoms with Gasteiger partial charge in [-0.3, -0.25) is 14.6 Å². The molecule has 2 aromatic rings. The lowest BCUT2D eigenvalue weighted by Crippen LogP contribution is -2.55. The van der Waals surface area contributed by atoms with Gasteiger partial charge in [-0.1, -0.05) is 18.2 Å². The Morgan fingerprint density at radius 3 is 2.74 bits per heavy atom. The van der Waals surface area contributed by atoms with Crippen molar-refractivity contribution in [3.05, 3.63) is 54.6 Å². The van der Waals surface area contributed by atoms with Crippen molar-refractivity contribution in [2.45, 2.75) is 24.9 Å². The van der Waals surface area contributed by atoms with Crippen molar-refractivity contribution in [1.29, 1.82) is 0 Å². The van der Waals surface area contributed by atoms with Gasteiger partial charge in [0.1, 0.15) is 12.3 Å². The number of para-hydroxylation sites is 1. The van der Waals surface area contributed by atoms with Gasteiger partial charge in [-0.2, -0.15) is 0 Å². The van der Waals surface area contributed by atoms with Crippen molar-refractivity contribution in [2.24, 2.45) is 0 Å². The summed E-state index contributed by atoms with van der Waals surface area (Å²) in [6, 6.07) is 9.68. The number of hydrogen-bond acceptors (Lipinski definition) is 5. The summed E-state index contributed by atoms with van der Waals surface area (Å²) < 4.78 is 6.03. The number of carbonyl (C=O) groups is 2. The smallest absolute Gasteiger partial charge is 0.274 e. The summed E-state index contributed by atoms with van der Waals surface area (Å²) >= 11 is 0. The molecule has 7 nitrogen and oxygen atoms in total. The lowest BCUT2D eigenvalue weighted by Gasteiger charge is -2.42. The van der Waals surface area contributed by atoms with Crippen molar-refractivity contribution in [3.63, 3.8) is 0 Å². The van der Waals surface area contributed by atoms with E-state index in [9.17, 15) is 9.59 Å². The lowest BCUT2D eigenvalue weighted by molar-refractivity contribution is -0.140. The molecular formula is C20H22N4O3. The van der Waals surface area contributed by atoms with Crippen LogP contribution in [0.2, 0.25) is 0 Å². The van der Waals surface area contributed by atoms with Crippen molar-refractivity contribution in [1.82, 2.24) is 14.9 Å². The van der Waals surface area contributed by atoms with E-state index in [1.54, 1.807) is 6.20 Å². The predicted molar refractivity (Wildman–Crippen MR) is 99.3 cm³/mol. The lowest BCUT2D eigenvalue weighted by atomic mass is 9.92. The Kier molecular flexibility index (Phi) is 4.85. The number of hydrogen-bond donors (Lipinski definition) is 0. The molecule has 1 spiro atoms. The van der Waals surface area contributed by atoms with Gasteiger partial charge in [0.2, 0.25) is 0 Å². The first-order valence-corrected chi connectivity index (χ1v) is 9.22. The number of morpholine rings is 1. The van der Waals surface area contributed by atoms with Gasteiger partial charge in [0.25, 0.3) is 11.8 Å². The highest BCUT2D eigenvalue weighted by molar-refractivity contribution is 5.95. The van der Waals surface area contributed by atoms with Crippen molar-refractivity contribution in [3.8, 4) is 0 Å². The summed E-state index contributed by atoms with van der Waals surface area (Å²) in [6.07, 6.45) is 6.90. The molecule has 7 heteroatoms. The second-order valence-electron chi connectivity index (χ2n) is 7.02. The van der Waals surface area contributed by atoms with Crippen LogP contribution in [-0.2, 0) is 9.53 Å². The molecule has 2 saturated heterocycles. The number of aromatic nitrogens is 2. The number of amides is 2. The Labute approximate surface area is 158 Å². The summed E-state index contributed by atoms with van der Waals surface area (Å²) in [5.74, 6) is -0.129. The molecule has 4 rings (SSSR count). The van der Waals surface area contributed by atoms with Gasteiger partial charge < -0.3 is 14.5 Å². The molecular weight excluding hydrogens is 344 g/mol. The minimum atomic E-state index is -0.416. The third kappa shape index (κ3) is 3.68. The molecule has 0 aliphatic carbocycles. The van der Waals surface area contributed by atoms with E-state index in [-0.39, 0.29) is 18.4 Å². The Hall–Kier alpha value is -2.80. The van der Waals surface area contributed by atoms with Crippen LogP contribution in [0.15, 0.2) is 48.9 Å². The van der Waals surface area contributed by atoms with E-state index in [4.69, 9.17) is 4.74 Å². The van der Waals surface area contributed by atoms with Crippen molar-refractivity contribution < 1.29 is 14.3 Å². The van der Waals surface area contributed by atoms with Crippen LogP contribution in [0.1, 0.15) is 29.8 Å². The number of likely N-dealkylation sites (tertiary alicyclic amines) is 1. The zero-order chi connectivity index (χ0) is 18.7. The topological polar surface area (TPSA) is 75.6 Å². The molecule has 2 aliphatic heterocycles. The first-order chi connectivity index (χ1) is 13.2. The Morgan fingerprint density at radius 2 is 1.96 bits per heavy atom. The first-order valence-electron chi connectivity index (χ1n) is 9.22. The zero-order valence-electron chi connectivity index (χ0n) is 15.1. The molecule has 3 heterocycles. The fourth-order valence-electron chi connectivity index (χ4n) is 3.80. The molecule has 1 atom stereocenters. The molecule has 0 saturated carbocycles. The quantitative estimate of drug-likeness (QED) is 0.811. The molecule has 2 amide bonds. The maximum Gasteiger partial charge on any atom is 0.274 e. The third-order valence-corrected chi connectivity index (χ3v) is 5.28. The zero-order valence-corrected chi connectivity index (χ0v) is 15.1. The molecule has 27 heavy (non-hydrogen) atoms. The number of anilines is 1. The highest BCUT2D eigenvalue weighted by Gasteiger charge is 2.42. The predicted octanol–water partition coefficient (Wildman–Crippen LogP) is 1.90. The normalized spacial score (nSPS) is 23.3. The summed E-state index contributed by atoms with van der Waals surface area (Å²) in [7, 11) is 0. The number of nitrogens with zero attached hydrogens (tertiary/aromatic N) is 4. The van der Waals surface area contributed by atoms with Gasteiger partial charge in [0, 0.05) is 31.2 Å². The number of rotatable bonds is 2. The largest absolute Gasteiger partial charge is 0.363 e.